The van der Waals surface area contributed by atoms with E-state index in [1.165, 1.54) is 24.3 Å². The quantitative estimate of drug-likeness (QED) is 0.865. The Kier molecular flexibility index (Phi) is 4.51. The lowest BCUT2D eigenvalue weighted by Gasteiger charge is -2.15. The van der Waals surface area contributed by atoms with Crippen molar-refractivity contribution < 1.29 is 9.18 Å². The maximum absolute atomic E-state index is 12.9. The summed E-state index contributed by atoms with van der Waals surface area (Å²) in [6, 6.07) is 13.3. The molecule has 3 heteroatoms. The lowest BCUT2D eigenvalue weighted by molar-refractivity contribution is 0.102. The van der Waals surface area contributed by atoms with Crippen LogP contribution in [0.3, 0.4) is 0 Å². The first-order chi connectivity index (χ1) is 9.61. The van der Waals surface area contributed by atoms with Gasteiger partial charge in [-0.15, -0.1) is 0 Å². The maximum Gasteiger partial charge on any atom is 0.255 e. The van der Waals surface area contributed by atoms with Crippen molar-refractivity contribution in [3.63, 3.8) is 0 Å². The van der Waals surface area contributed by atoms with Crippen LogP contribution in [0.25, 0.3) is 0 Å². The van der Waals surface area contributed by atoms with Crippen molar-refractivity contribution in [2.45, 2.75) is 26.2 Å². The van der Waals surface area contributed by atoms with Crippen molar-refractivity contribution in [2.24, 2.45) is 0 Å². The molecule has 0 heterocycles. The summed E-state index contributed by atoms with van der Waals surface area (Å²) in [5.74, 6) is -0.193. The SMILES string of the molecule is CC[C@@H](C)c1ccccc1NC(=O)c1ccc(F)cc1. The summed E-state index contributed by atoms with van der Waals surface area (Å²) in [4.78, 5) is 12.2. The molecule has 0 unspecified atom stereocenters. The molecule has 2 nitrogen and oxygen atoms in total. The number of hydrogen-bond donors (Lipinski definition) is 1. The van der Waals surface area contributed by atoms with E-state index < -0.39 is 0 Å². The zero-order valence-corrected chi connectivity index (χ0v) is 11.7. The van der Waals surface area contributed by atoms with Crippen molar-refractivity contribution in [3.8, 4) is 0 Å². The first-order valence-corrected chi connectivity index (χ1v) is 6.77. The fraction of sp³-hybridized carbons (Fsp3) is 0.235. The van der Waals surface area contributed by atoms with E-state index in [4.69, 9.17) is 0 Å². The number of rotatable bonds is 4. The van der Waals surface area contributed by atoms with Gasteiger partial charge in [0.2, 0.25) is 0 Å². The maximum atomic E-state index is 12.9. The smallest absolute Gasteiger partial charge is 0.255 e. The zero-order valence-electron chi connectivity index (χ0n) is 11.7. The largest absolute Gasteiger partial charge is 0.322 e. The summed E-state index contributed by atoms with van der Waals surface area (Å²) >= 11 is 0. The van der Waals surface area contributed by atoms with Gasteiger partial charge in [-0.05, 0) is 48.2 Å². The average Bonchev–Trinajstić information content (AvgIpc) is 2.47. The Bertz CT molecular complexity index is 592. The Morgan fingerprint density at radius 3 is 2.45 bits per heavy atom. The predicted molar refractivity (Wildman–Crippen MR) is 79.5 cm³/mol. The molecule has 0 saturated carbocycles. The van der Waals surface area contributed by atoms with Crippen LogP contribution in [0.1, 0.15) is 42.1 Å². The molecule has 0 saturated heterocycles. The minimum absolute atomic E-state index is 0.222. The minimum atomic E-state index is -0.346. The average molecular weight is 271 g/mol. The normalized spacial score (nSPS) is 11.9. The molecule has 0 aliphatic rings. The van der Waals surface area contributed by atoms with Gasteiger partial charge in [-0.2, -0.15) is 0 Å². The van der Waals surface area contributed by atoms with Gasteiger partial charge in [0.05, 0.1) is 0 Å². The Hall–Kier alpha value is -2.16. The van der Waals surface area contributed by atoms with E-state index in [0.29, 0.717) is 11.5 Å². The molecular formula is C17H18FNO. The van der Waals surface area contributed by atoms with E-state index in [0.717, 1.165) is 17.7 Å². The van der Waals surface area contributed by atoms with Crippen LogP contribution in [0, 0.1) is 5.82 Å². The third-order valence-electron chi connectivity index (χ3n) is 3.46. The van der Waals surface area contributed by atoms with Gasteiger partial charge in [-0.1, -0.05) is 32.0 Å². The van der Waals surface area contributed by atoms with Gasteiger partial charge in [0.1, 0.15) is 5.82 Å². The number of anilines is 1. The van der Waals surface area contributed by atoms with Crippen molar-refractivity contribution in [2.75, 3.05) is 5.32 Å². The van der Waals surface area contributed by atoms with E-state index >= 15 is 0 Å². The second-order valence-electron chi connectivity index (χ2n) is 4.86. The molecule has 1 amide bonds. The van der Waals surface area contributed by atoms with E-state index in [9.17, 15) is 9.18 Å². The molecule has 0 spiro atoms. The van der Waals surface area contributed by atoms with Gasteiger partial charge >= 0.3 is 0 Å². The minimum Gasteiger partial charge on any atom is -0.322 e. The first-order valence-electron chi connectivity index (χ1n) is 6.77. The fourth-order valence-corrected chi connectivity index (χ4v) is 2.06. The highest BCUT2D eigenvalue weighted by Gasteiger charge is 2.12. The van der Waals surface area contributed by atoms with Gasteiger partial charge in [0, 0.05) is 11.3 Å². The molecule has 2 rings (SSSR count). The monoisotopic (exact) mass is 271 g/mol. The molecule has 0 radical (unpaired) electrons. The van der Waals surface area contributed by atoms with Crippen molar-refractivity contribution in [1.29, 1.82) is 0 Å². The Balaban J connectivity index is 2.21. The Morgan fingerprint density at radius 2 is 1.80 bits per heavy atom. The van der Waals surface area contributed by atoms with Crippen LogP contribution >= 0.6 is 0 Å². The Labute approximate surface area is 118 Å². The number of carbonyl (C=O) groups excluding carboxylic acids is 1. The number of nitrogens with one attached hydrogen (secondary N) is 1. The van der Waals surface area contributed by atoms with Crippen LogP contribution in [-0.4, -0.2) is 5.91 Å². The molecule has 2 aromatic rings. The molecule has 0 fully saturated rings. The molecule has 0 aromatic heterocycles. The van der Waals surface area contributed by atoms with Gasteiger partial charge in [0.25, 0.3) is 5.91 Å². The lowest BCUT2D eigenvalue weighted by Crippen LogP contribution is -2.13. The van der Waals surface area contributed by atoms with E-state index in [1.807, 2.05) is 24.3 Å². The number of halogens is 1. The molecular weight excluding hydrogens is 253 g/mol. The Morgan fingerprint density at radius 1 is 1.15 bits per heavy atom. The molecule has 1 atom stereocenters. The summed E-state index contributed by atoms with van der Waals surface area (Å²) in [7, 11) is 0. The number of amides is 1. The predicted octanol–water partition coefficient (Wildman–Crippen LogP) is 4.59. The van der Waals surface area contributed by atoms with Gasteiger partial charge < -0.3 is 5.32 Å². The summed E-state index contributed by atoms with van der Waals surface area (Å²) in [5.41, 5.74) is 2.38. The number of carbonyl (C=O) groups is 1. The number of para-hydroxylation sites is 1. The molecule has 104 valence electrons. The second-order valence-corrected chi connectivity index (χ2v) is 4.86. The number of hydrogen-bond acceptors (Lipinski definition) is 1. The van der Waals surface area contributed by atoms with Gasteiger partial charge in [-0.25, -0.2) is 4.39 Å². The highest BCUT2D eigenvalue weighted by molar-refractivity contribution is 6.04. The van der Waals surface area contributed by atoms with Crippen molar-refractivity contribution in [1.82, 2.24) is 0 Å². The molecule has 20 heavy (non-hydrogen) atoms. The van der Waals surface area contributed by atoms with E-state index in [-0.39, 0.29) is 11.7 Å². The van der Waals surface area contributed by atoms with Crippen LogP contribution in [0.5, 0.6) is 0 Å². The number of benzene rings is 2. The van der Waals surface area contributed by atoms with Crippen LogP contribution in [0.4, 0.5) is 10.1 Å². The van der Waals surface area contributed by atoms with E-state index in [1.54, 1.807) is 0 Å². The van der Waals surface area contributed by atoms with Crippen LogP contribution in [0.2, 0.25) is 0 Å². The van der Waals surface area contributed by atoms with Gasteiger partial charge in [-0.3, -0.25) is 4.79 Å². The van der Waals surface area contributed by atoms with Crippen LogP contribution in [-0.2, 0) is 0 Å². The zero-order chi connectivity index (χ0) is 14.5. The first kappa shape index (κ1) is 14.3. The van der Waals surface area contributed by atoms with Gasteiger partial charge in [0.15, 0.2) is 0 Å². The molecule has 0 aliphatic heterocycles. The second kappa shape index (κ2) is 6.33. The standard InChI is InChI=1S/C17H18FNO/c1-3-12(2)15-6-4-5-7-16(15)19-17(20)13-8-10-14(18)11-9-13/h4-12H,3H2,1-2H3,(H,19,20)/t12-/m1/s1. The fourth-order valence-electron chi connectivity index (χ4n) is 2.06. The highest BCUT2D eigenvalue weighted by Crippen LogP contribution is 2.26. The van der Waals surface area contributed by atoms with Crippen molar-refractivity contribution in [3.05, 3.63) is 65.5 Å². The summed E-state index contributed by atoms with van der Waals surface area (Å²) in [6.45, 7) is 4.24. The highest BCUT2D eigenvalue weighted by atomic mass is 19.1. The summed E-state index contributed by atoms with van der Waals surface area (Å²) < 4.78 is 12.9. The lowest BCUT2D eigenvalue weighted by atomic mass is 9.97. The van der Waals surface area contributed by atoms with Crippen LogP contribution in [0.15, 0.2) is 48.5 Å². The molecule has 2 aromatic carbocycles. The summed E-state index contributed by atoms with van der Waals surface area (Å²) in [6.07, 6.45) is 1.00. The third-order valence-corrected chi connectivity index (χ3v) is 3.46. The van der Waals surface area contributed by atoms with Crippen molar-refractivity contribution >= 4 is 11.6 Å². The molecule has 0 aliphatic carbocycles. The van der Waals surface area contributed by atoms with E-state index in [2.05, 4.69) is 19.2 Å². The molecule has 0 bridgehead atoms. The summed E-state index contributed by atoms with van der Waals surface area (Å²) in [5, 5.41) is 2.90. The van der Waals surface area contributed by atoms with Crippen LogP contribution < -0.4 is 5.32 Å². The third kappa shape index (κ3) is 3.23. The molecule has 1 N–H and O–H groups in total. The topological polar surface area (TPSA) is 29.1 Å².